The number of carbonyl (C=O) groups is 1. The van der Waals surface area contributed by atoms with E-state index >= 15 is 0 Å². The Labute approximate surface area is 172 Å². The summed E-state index contributed by atoms with van der Waals surface area (Å²) in [5, 5.41) is -7.65. The molecular formula is C15H13ClF4N4O3S2. The van der Waals surface area contributed by atoms with E-state index in [-0.39, 0.29) is 5.95 Å². The topological polar surface area (TPSA) is 101 Å². The first-order valence-electron chi connectivity index (χ1n) is 7.60. The number of aryl methyl sites for hydroxylation is 2. The van der Waals surface area contributed by atoms with Gasteiger partial charge < -0.3 is 0 Å². The average Bonchev–Trinajstić information content (AvgIpc) is 2.51. The van der Waals surface area contributed by atoms with Crippen LogP contribution in [-0.2, 0) is 10.0 Å². The molecule has 7 nitrogen and oxygen atoms in total. The fourth-order valence-corrected chi connectivity index (χ4v) is 4.31. The predicted octanol–water partition coefficient (Wildman–Crippen LogP) is 4.12. The van der Waals surface area contributed by atoms with Gasteiger partial charge in [0.15, 0.2) is 0 Å². The number of nitrogens with one attached hydrogen (secondary N) is 2. The minimum Gasteiger partial charge on any atom is -0.275 e. The first-order chi connectivity index (χ1) is 13.2. The lowest BCUT2D eigenvalue weighted by Crippen LogP contribution is -2.36. The van der Waals surface area contributed by atoms with E-state index in [0.717, 1.165) is 18.2 Å². The minimum absolute atomic E-state index is 0.189. The molecule has 0 spiro atoms. The second-order valence-corrected chi connectivity index (χ2v) is 8.88. The number of alkyl halides is 5. The molecule has 2 amide bonds. The van der Waals surface area contributed by atoms with Crippen molar-refractivity contribution >= 4 is 45.4 Å². The van der Waals surface area contributed by atoms with Gasteiger partial charge in [-0.3, -0.25) is 5.32 Å². The summed E-state index contributed by atoms with van der Waals surface area (Å²) in [7, 11) is -4.71. The lowest BCUT2D eigenvalue weighted by atomic mass is 10.4. The number of halogens is 5. The summed E-state index contributed by atoms with van der Waals surface area (Å²) in [5.41, 5.74) is 1.00. The zero-order valence-corrected chi connectivity index (χ0v) is 17.1. The highest BCUT2D eigenvalue weighted by Gasteiger charge is 2.56. The van der Waals surface area contributed by atoms with Crippen molar-refractivity contribution < 1.29 is 30.8 Å². The Morgan fingerprint density at radius 2 is 1.66 bits per heavy atom. The van der Waals surface area contributed by atoms with E-state index in [0.29, 0.717) is 11.4 Å². The van der Waals surface area contributed by atoms with Crippen LogP contribution in [0.2, 0.25) is 0 Å². The van der Waals surface area contributed by atoms with Crippen LogP contribution in [0.25, 0.3) is 0 Å². The summed E-state index contributed by atoms with van der Waals surface area (Å²) < 4.78 is 79.4. The van der Waals surface area contributed by atoms with Gasteiger partial charge >= 0.3 is 16.7 Å². The first kappa shape index (κ1) is 23.2. The number of thioether (sulfide) groups is 1. The van der Waals surface area contributed by atoms with Gasteiger partial charge in [0.05, 0.1) is 0 Å². The lowest BCUT2D eigenvalue weighted by molar-refractivity contribution is -0.0898. The maximum absolute atomic E-state index is 13.6. The van der Waals surface area contributed by atoms with Crippen molar-refractivity contribution in [3.63, 3.8) is 0 Å². The molecule has 29 heavy (non-hydrogen) atoms. The van der Waals surface area contributed by atoms with E-state index in [9.17, 15) is 30.8 Å². The highest BCUT2D eigenvalue weighted by molar-refractivity contribution is 8.01. The molecule has 0 aliphatic carbocycles. The Morgan fingerprint density at radius 1 is 1.10 bits per heavy atom. The number of carbonyl (C=O) groups excluding carboxylic acids is 1. The molecule has 2 N–H and O–H groups in total. The largest absolute Gasteiger partial charge is 0.394 e. The van der Waals surface area contributed by atoms with Crippen LogP contribution in [0.5, 0.6) is 0 Å². The summed E-state index contributed by atoms with van der Waals surface area (Å²) in [6.45, 7) is 3.24. The molecule has 14 heteroatoms. The maximum Gasteiger partial charge on any atom is 0.394 e. The second-order valence-electron chi connectivity index (χ2n) is 5.60. The molecule has 1 heterocycles. The predicted molar refractivity (Wildman–Crippen MR) is 98.9 cm³/mol. The third-order valence-corrected chi connectivity index (χ3v) is 6.10. The molecule has 0 aliphatic rings. The quantitative estimate of drug-likeness (QED) is 0.372. The third-order valence-electron chi connectivity index (χ3n) is 3.14. The number of sulfonamides is 1. The van der Waals surface area contributed by atoms with Gasteiger partial charge in [-0.05, 0) is 55.4 Å². The molecule has 2 aromatic rings. The molecular weight excluding hydrogens is 460 g/mol. The number of rotatable bonds is 6. The summed E-state index contributed by atoms with van der Waals surface area (Å²) in [4.78, 5) is 18.2. The number of hydrogen-bond donors (Lipinski definition) is 2. The van der Waals surface area contributed by atoms with Gasteiger partial charge in [0.25, 0.3) is 10.0 Å². The van der Waals surface area contributed by atoms with E-state index in [1.54, 1.807) is 24.6 Å². The molecule has 0 aliphatic heterocycles. The van der Waals surface area contributed by atoms with Crippen LogP contribution in [0.3, 0.4) is 0 Å². The average molecular weight is 473 g/mol. The van der Waals surface area contributed by atoms with Gasteiger partial charge in [-0.15, -0.1) is 0 Å². The van der Waals surface area contributed by atoms with Crippen molar-refractivity contribution in [2.24, 2.45) is 0 Å². The zero-order chi connectivity index (χ0) is 22.0. The standard InChI is InChI=1S/C15H13ClF4N4O3S2/c1-8-7-9(2)22-12(21-8)23-13(25)24-29(26,27)11-6-4-3-5-10(11)28-15(19,20)14(16,17)18/h3-7H,1-2H3,(H2,21,22,23,24,25). The van der Waals surface area contributed by atoms with Crippen molar-refractivity contribution in [2.45, 2.75) is 34.3 Å². The number of hydrogen-bond acceptors (Lipinski definition) is 6. The highest BCUT2D eigenvalue weighted by atomic mass is 35.5. The SMILES string of the molecule is Cc1cc(C)nc(NC(=O)NS(=O)(=O)c2ccccc2SC(F)(F)C(F)(F)Cl)n1. The van der Waals surface area contributed by atoms with E-state index in [1.165, 1.54) is 6.07 Å². The van der Waals surface area contributed by atoms with Crippen LogP contribution < -0.4 is 10.0 Å². The molecule has 0 fully saturated rings. The van der Waals surface area contributed by atoms with Gasteiger partial charge in [-0.2, -0.15) is 17.6 Å². The monoisotopic (exact) mass is 472 g/mol. The number of aromatic nitrogens is 2. The normalized spacial score (nSPS) is 12.5. The first-order valence-corrected chi connectivity index (χ1v) is 10.3. The molecule has 0 saturated carbocycles. The van der Waals surface area contributed by atoms with E-state index in [2.05, 4.69) is 26.9 Å². The Bertz CT molecular complexity index is 1010. The van der Waals surface area contributed by atoms with Gasteiger partial charge in [0.1, 0.15) is 4.90 Å². The van der Waals surface area contributed by atoms with Crippen LogP contribution in [0, 0.1) is 13.8 Å². The molecule has 1 aromatic heterocycles. The van der Waals surface area contributed by atoms with Crippen molar-refractivity contribution in [3.05, 3.63) is 41.7 Å². The Hall–Kier alpha value is -2.12. The van der Waals surface area contributed by atoms with Crippen LogP contribution in [0.4, 0.5) is 28.3 Å². The fourth-order valence-electron chi connectivity index (χ4n) is 2.04. The molecule has 1 aromatic carbocycles. The maximum atomic E-state index is 13.6. The fraction of sp³-hybridized carbons (Fsp3) is 0.267. The lowest BCUT2D eigenvalue weighted by Gasteiger charge is -2.21. The van der Waals surface area contributed by atoms with Gasteiger partial charge in [-0.25, -0.2) is 27.9 Å². The molecule has 0 saturated heterocycles. The van der Waals surface area contributed by atoms with E-state index in [4.69, 9.17) is 0 Å². The Morgan fingerprint density at radius 3 is 2.21 bits per heavy atom. The number of amides is 2. The Kier molecular flexibility index (Phi) is 6.65. The summed E-state index contributed by atoms with van der Waals surface area (Å²) >= 11 is 3.64. The van der Waals surface area contributed by atoms with Crippen LogP contribution >= 0.6 is 23.4 Å². The van der Waals surface area contributed by atoms with Crippen molar-refractivity contribution in [2.75, 3.05) is 5.32 Å². The van der Waals surface area contributed by atoms with Crippen LogP contribution in [-0.4, -0.2) is 35.1 Å². The summed E-state index contributed by atoms with van der Waals surface area (Å²) in [6, 6.07) is 4.41. The van der Waals surface area contributed by atoms with Crippen LogP contribution in [0.15, 0.2) is 40.1 Å². The zero-order valence-electron chi connectivity index (χ0n) is 14.7. The number of anilines is 1. The van der Waals surface area contributed by atoms with Gasteiger partial charge in [0, 0.05) is 16.3 Å². The van der Waals surface area contributed by atoms with E-state index in [1.807, 2.05) is 0 Å². The summed E-state index contributed by atoms with van der Waals surface area (Å²) in [6.07, 6.45) is 0. The van der Waals surface area contributed by atoms with Gasteiger partial charge in [0.2, 0.25) is 5.95 Å². The van der Waals surface area contributed by atoms with Crippen molar-refractivity contribution in [3.8, 4) is 0 Å². The van der Waals surface area contributed by atoms with Crippen molar-refractivity contribution in [1.29, 1.82) is 0 Å². The van der Waals surface area contributed by atoms with Crippen LogP contribution in [0.1, 0.15) is 11.4 Å². The molecule has 158 valence electrons. The molecule has 0 bridgehead atoms. The molecule has 0 unspecified atom stereocenters. The molecule has 2 rings (SSSR count). The number of nitrogens with zero attached hydrogens (tertiary/aromatic N) is 2. The number of urea groups is 1. The smallest absolute Gasteiger partial charge is 0.275 e. The number of benzene rings is 1. The molecule has 0 atom stereocenters. The molecule has 0 radical (unpaired) electrons. The minimum atomic E-state index is -4.93. The second kappa shape index (κ2) is 8.32. The summed E-state index contributed by atoms with van der Waals surface area (Å²) in [5.74, 6) is -0.189. The van der Waals surface area contributed by atoms with Crippen molar-refractivity contribution in [1.82, 2.24) is 14.7 Å². The highest BCUT2D eigenvalue weighted by Crippen LogP contribution is 2.50. The third kappa shape index (κ3) is 5.93. The Balaban J connectivity index is 2.26. The van der Waals surface area contributed by atoms with Gasteiger partial charge in [-0.1, -0.05) is 12.1 Å². The van der Waals surface area contributed by atoms with E-state index < -0.39 is 48.2 Å².